The molecule has 0 amide bonds. The van der Waals surface area contributed by atoms with Crippen molar-refractivity contribution >= 4 is 75.3 Å². The molecule has 0 aliphatic heterocycles. The zero-order valence-corrected chi connectivity index (χ0v) is 16.9. The number of halogens is 5. The molecule has 0 fully saturated rings. The highest BCUT2D eigenvalue weighted by atomic mass is 79.9. The van der Waals surface area contributed by atoms with Gasteiger partial charge in [0.15, 0.2) is 0 Å². The van der Waals surface area contributed by atoms with Gasteiger partial charge in [-0.25, -0.2) is 0 Å². The summed E-state index contributed by atoms with van der Waals surface area (Å²) in [4.78, 5) is 0. The molecule has 0 aliphatic carbocycles. The fourth-order valence-electron chi connectivity index (χ4n) is 1.19. The van der Waals surface area contributed by atoms with Gasteiger partial charge in [-0.2, -0.15) is 0 Å². The van der Waals surface area contributed by atoms with Gasteiger partial charge in [0, 0.05) is 5.88 Å². The van der Waals surface area contributed by atoms with Gasteiger partial charge in [0.1, 0.15) is 18.1 Å². The molecule has 0 saturated carbocycles. The normalized spacial score (nSPS) is 10.2. The fraction of sp³-hybridized carbons (Fsp3) is 0.333. The maximum Gasteiger partial charge on any atom is 0.147 e. The van der Waals surface area contributed by atoms with Gasteiger partial charge >= 0.3 is 0 Å². The summed E-state index contributed by atoms with van der Waals surface area (Å²) in [6, 6.07) is 3.74. The minimum atomic E-state index is 0.469. The number of ether oxygens (including phenoxy) is 2. The first-order valence-corrected chi connectivity index (χ1v) is 9.07. The van der Waals surface area contributed by atoms with E-state index in [1.54, 1.807) is 0 Å². The van der Waals surface area contributed by atoms with Crippen LogP contribution in [0.1, 0.15) is 6.42 Å². The van der Waals surface area contributed by atoms with Crippen molar-refractivity contribution in [3.63, 3.8) is 0 Å². The molecule has 7 heteroatoms. The molecule has 0 unspecified atom stereocenters. The minimum Gasteiger partial charge on any atom is -0.491 e. The van der Waals surface area contributed by atoms with Gasteiger partial charge in [0.05, 0.1) is 18.9 Å². The SMILES string of the molecule is ClCCCOc1c(Br)cc(OCC=C(Br)Br)cc1Br. The summed E-state index contributed by atoms with van der Waals surface area (Å²) in [7, 11) is 0. The average molecular weight is 542 g/mol. The topological polar surface area (TPSA) is 18.5 Å². The van der Waals surface area contributed by atoms with E-state index in [2.05, 4.69) is 63.7 Å². The van der Waals surface area contributed by atoms with E-state index < -0.39 is 0 Å². The molecule has 106 valence electrons. The third-order valence-electron chi connectivity index (χ3n) is 1.98. The van der Waals surface area contributed by atoms with Crippen LogP contribution in [0.3, 0.4) is 0 Å². The zero-order valence-electron chi connectivity index (χ0n) is 9.77. The van der Waals surface area contributed by atoms with E-state index in [-0.39, 0.29) is 0 Å². The van der Waals surface area contributed by atoms with Crippen LogP contribution in [-0.4, -0.2) is 19.1 Å². The first-order chi connectivity index (χ1) is 9.04. The summed E-state index contributed by atoms with van der Waals surface area (Å²) in [5.74, 6) is 2.10. The molecule has 0 saturated heterocycles. The van der Waals surface area contributed by atoms with Gasteiger partial charge in [0.2, 0.25) is 0 Å². The van der Waals surface area contributed by atoms with Crippen LogP contribution >= 0.6 is 75.3 Å². The smallest absolute Gasteiger partial charge is 0.147 e. The number of hydrogen-bond acceptors (Lipinski definition) is 2. The summed E-state index contributed by atoms with van der Waals surface area (Å²) in [6.45, 7) is 1.05. The van der Waals surface area contributed by atoms with Crippen LogP contribution in [0.15, 0.2) is 30.5 Å². The highest BCUT2D eigenvalue weighted by Gasteiger charge is 2.09. The van der Waals surface area contributed by atoms with Crippen LogP contribution in [0.25, 0.3) is 0 Å². The molecular formula is C12H11Br4ClO2. The molecule has 19 heavy (non-hydrogen) atoms. The number of hydrogen-bond donors (Lipinski definition) is 0. The predicted molar refractivity (Wildman–Crippen MR) is 94.1 cm³/mol. The Kier molecular flexibility index (Phi) is 9.06. The lowest BCUT2D eigenvalue weighted by molar-refractivity contribution is 0.312. The summed E-state index contributed by atoms with van der Waals surface area (Å²) in [6.07, 6.45) is 2.68. The monoisotopic (exact) mass is 538 g/mol. The van der Waals surface area contributed by atoms with E-state index in [0.717, 1.165) is 30.3 Å². The molecule has 2 nitrogen and oxygen atoms in total. The Morgan fingerprint density at radius 1 is 1.16 bits per heavy atom. The number of benzene rings is 1. The molecule has 1 aromatic rings. The third-order valence-corrected chi connectivity index (χ3v) is 4.08. The van der Waals surface area contributed by atoms with Crippen LogP contribution in [0.2, 0.25) is 0 Å². The number of rotatable bonds is 7. The summed E-state index contributed by atoms with van der Waals surface area (Å²) < 4.78 is 13.8. The van der Waals surface area contributed by atoms with Gasteiger partial charge in [-0.15, -0.1) is 11.6 Å². The largest absolute Gasteiger partial charge is 0.491 e. The second kappa shape index (κ2) is 9.66. The molecule has 0 aliphatic rings. The Hall–Kier alpha value is 0.770. The van der Waals surface area contributed by atoms with E-state index in [1.165, 1.54) is 0 Å². The summed E-state index contributed by atoms with van der Waals surface area (Å²) in [5.41, 5.74) is 0. The van der Waals surface area contributed by atoms with Crippen LogP contribution in [-0.2, 0) is 0 Å². The average Bonchev–Trinajstić information content (AvgIpc) is 2.32. The first kappa shape index (κ1) is 17.8. The van der Waals surface area contributed by atoms with E-state index >= 15 is 0 Å². The Morgan fingerprint density at radius 2 is 1.79 bits per heavy atom. The van der Waals surface area contributed by atoms with Crippen molar-refractivity contribution in [3.8, 4) is 11.5 Å². The molecule has 1 rings (SSSR count). The van der Waals surface area contributed by atoms with Crippen molar-refractivity contribution in [2.24, 2.45) is 0 Å². The zero-order chi connectivity index (χ0) is 14.3. The highest BCUT2D eigenvalue weighted by Crippen LogP contribution is 2.37. The first-order valence-electron chi connectivity index (χ1n) is 5.36. The lowest BCUT2D eigenvalue weighted by Crippen LogP contribution is -2.00. The minimum absolute atomic E-state index is 0.469. The summed E-state index contributed by atoms with van der Waals surface area (Å²) in [5, 5.41) is 0. The molecular weight excluding hydrogens is 531 g/mol. The molecule has 0 bridgehead atoms. The molecule has 0 aromatic heterocycles. The second-order valence-electron chi connectivity index (χ2n) is 3.41. The van der Waals surface area contributed by atoms with Crippen molar-refractivity contribution in [2.45, 2.75) is 6.42 Å². The number of alkyl halides is 1. The van der Waals surface area contributed by atoms with Gasteiger partial charge < -0.3 is 9.47 Å². The van der Waals surface area contributed by atoms with Crippen LogP contribution < -0.4 is 9.47 Å². The molecule has 0 radical (unpaired) electrons. The molecule has 0 spiro atoms. The fourth-order valence-corrected chi connectivity index (χ4v) is 2.93. The van der Waals surface area contributed by atoms with Crippen molar-refractivity contribution < 1.29 is 9.47 Å². The van der Waals surface area contributed by atoms with Gasteiger partial charge in [-0.1, -0.05) is 0 Å². The quantitative estimate of drug-likeness (QED) is 0.301. The molecule has 0 heterocycles. The second-order valence-corrected chi connectivity index (χ2v) is 8.27. The summed E-state index contributed by atoms with van der Waals surface area (Å²) >= 11 is 19.1. The van der Waals surface area contributed by atoms with Crippen molar-refractivity contribution in [1.29, 1.82) is 0 Å². The standard InChI is InChI=1S/C12H11Br4ClO2/c13-9-6-8(18-5-2-11(15)16)7-10(14)12(9)19-4-1-3-17/h2,6-7H,1,3-5H2. The van der Waals surface area contributed by atoms with E-state index in [9.17, 15) is 0 Å². The Bertz CT molecular complexity index is 424. The van der Waals surface area contributed by atoms with Crippen molar-refractivity contribution in [2.75, 3.05) is 19.1 Å². The van der Waals surface area contributed by atoms with Crippen LogP contribution in [0.4, 0.5) is 0 Å². The van der Waals surface area contributed by atoms with Crippen molar-refractivity contribution in [3.05, 3.63) is 30.5 Å². The maximum absolute atomic E-state index is 5.64. The van der Waals surface area contributed by atoms with Crippen molar-refractivity contribution in [1.82, 2.24) is 0 Å². The molecule has 0 N–H and O–H groups in total. The van der Waals surface area contributed by atoms with Gasteiger partial charge in [-0.3, -0.25) is 0 Å². The lowest BCUT2D eigenvalue weighted by Gasteiger charge is -2.12. The Labute approximate surface area is 151 Å². The maximum atomic E-state index is 5.64. The lowest BCUT2D eigenvalue weighted by atomic mass is 10.3. The van der Waals surface area contributed by atoms with E-state index in [4.69, 9.17) is 21.1 Å². The highest BCUT2D eigenvalue weighted by molar-refractivity contribution is 9.28. The molecule has 1 aromatic carbocycles. The van der Waals surface area contributed by atoms with Gasteiger partial charge in [-0.05, 0) is 88.3 Å². The van der Waals surface area contributed by atoms with E-state index in [0.29, 0.717) is 19.1 Å². The molecule has 0 atom stereocenters. The van der Waals surface area contributed by atoms with Crippen LogP contribution in [0.5, 0.6) is 11.5 Å². The Morgan fingerprint density at radius 3 is 2.32 bits per heavy atom. The Balaban J connectivity index is 2.70. The van der Waals surface area contributed by atoms with Gasteiger partial charge in [0.25, 0.3) is 0 Å². The van der Waals surface area contributed by atoms with E-state index in [1.807, 2.05) is 18.2 Å². The predicted octanol–water partition coefficient (Wildman–Crippen LogP) is 6.23. The third kappa shape index (κ3) is 6.85. The van der Waals surface area contributed by atoms with Crippen LogP contribution in [0, 0.1) is 0 Å².